The third kappa shape index (κ3) is 6.13. The molecule has 0 spiro atoms. The third-order valence-electron chi connectivity index (χ3n) is 6.05. The molecule has 4 N–H and O–H groups in total. The predicted molar refractivity (Wildman–Crippen MR) is 136 cm³/mol. The molecule has 206 valence electrons. The Morgan fingerprint density at radius 1 is 1.18 bits per heavy atom. The maximum Gasteiger partial charge on any atom is 0.348 e. The fraction of sp³-hybridized carbons (Fsp3) is 0.333. The lowest BCUT2D eigenvalue weighted by atomic mass is 9.96. The summed E-state index contributed by atoms with van der Waals surface area (Å²) in [7, 11) is 1.26. The molecular weight excluding hydrogens is 537 g/mol. The summed E-state index contributed by atoms with van der Waals surface area (Å²) in [5.41, 5.74) is 4.57. The third-order valence-corrected chi connectivity index (χ3v) is 6.22. The van der Waals surface area contributed by atoms with Crippen molar-refractivity contribution in [2.75, 3.05) is 19.5 Å². The Bertz CT molecular complexity index is 1450. The highest BCUT2D eigenvalue weighted by atomic mass is 35.5. The molecule has 39 heavy (non-hydrogen) atoms. The molecule has 13 nitrogen and oxygen atoms in total. The number of nitrogen functional groups attached to an aromatic ring is 1. The average molecular weight is 562 g/mol. The highest BCUT2D eigenvalue weighted by Crippen LogP contribution is 2.27. The second-order valence-corrected chi connectivity index (χ2v) is 9.02. The summed E-state index contributed by atoms with van der Waals surface area (Å²) in [6.07, 6.45) is 0.402. The van der Waals surface area contributed by atoms with Gasteiger partial charge < -0.3 is 25.4 Å². The zero-order valence-corrected chi connectivity index (χ0v) is 21.4. The van der Waals surface area contributed by atoms with E-state index in [1.807, 2.05) is 30.3 Å². The first-order valence-corrected chi connectivity index (χ1v) is 12.0. The zero-order chi connectivity index (χ0) is 28.2. The molecule has 4 aromatic rings. The smallest absolute Gasteiger partial charge is 0.348 e. The van der Waals surface area contributed by atoms with Crippen LogP contribution in [-0.4, -0.2) is 76.9 Å². The number of carbonyl (C=O) groups is 2. The number of hydrogen-bond donors (Lipinski definition) is 3. The number of aromatic nitrogens is 6. The van der Waals surface area contributed by atoms with Crippen LogP contribution in [0.15, 0.2) is 49.1 Å². The van der Waals surface area contributed by atoms with Gasteiger partial charge in [-0.2, -0.15) is 15.1 Å². The molecular formula is C24H25ClFN7O6. The number of halogens is 2. The lowest BCUT2D eigenvalue weighted by molar-refractivity contribution is -0.188. The average Bonchev–Trinajstić information content (AvgIpc) is 3.52. The van der Waals surface area contributed by atoms with E-state index in [9.17, 15) is 19.8 Å². The lowest BCUT2D eigenvalue weighted by Crippen LogP contribution is -2.52. The fourth-order valence-corrected chi connectivity index (χ4v) is 4.14. The number of ether oxygens (including phenoxy) is 2. The molecule has 3 heterocycles. The second-order valence-electron chi connectivity index (χ2n) is 8.69. The normalized spacial score (nSPS) is 13.4. The van der Waals surface area contributed by atoms with E-state index in [-0.39, 0.29) is 28.7 Å². The van der Waals surface area contributed by atoms with Gasteiger partial charge in [0.2, 0.25) is 5.28 Å². The van der Waals surface area contributed by atoms with Crippen LogP contribution in [0.3, 0.4) is 0 Å². The largest absolute Gasteiger partial charge is 0.479 e. The van der Waals surface area contributed by atoms with Crippen molar-refractivity contribution < 1.29 is 33.7 Å². The lowest BCUT2D eigenvalue weighted by Gasteiger charge is -2.27. The van der Waals surface area contributed by atoms with E-state index in [0.29, 0.717) is 12.1 Å². The van der Waals surface area contributed by atoms with Crippen molar-refractivity contribution in [3.05, 3.63) is 65.5 Å². The Labute approximate surface area is 226 Å². The van der Waals surface area contributed by atoms with Crippen LogP contribution in [0.1, 0.15) is 23.8 Å². The van der Waals surface area contributed by atoms with Crippen LogP contribution in [0.25, 0.3) is 11.2 Å². The highest BCUT2D eigenvalue weighted by molar-refractivity contribution is 6.28. The highest BCUT2D eigenvalue weighted by Gasteiger charge is 2.49. The van der Waals surface area contributed by atoms with Gasteiger partial charge in [0, 0.05) is 26.1 Å². The monoisotopic (exact) mass is 561 g/mol. The molecule has 15 heteroatoms. The van der Waals surface area contributed by atoms with Crippen LogP contribution in [-0.2, 0) is 32.0 Å². The summed E-state index contributed by atoms with van der Waals surface area (Å²) in [5.74, 6) is -3.47. The molecule has 4 rings (SSSR count). The molecule has 3 aromatic heterocycles. The number of hydrogen-bond acceptors (Lipinski definition) is 9. The van der Waals surface area contributed by atoms with Gasteiger partial charge in [-0.05, 0) is 22.7 Å². The van der Waals surface area contributed by atoms with E-state index in [0.717, 1.165) is 16.5 Å². The van der Waals surface area contributed by atoms with Crippen LogP contribution in [0, 0.1) is 0 Å². The van der Waals surface area contributed by atoms with Gasteiger partial charge in [-0.3, -0.25) is 9.25 Å². The minimum atomic E-state index is -2.67. The van der Waals surface area contributed by atoms with Crippen molar-refractivity contribution in [1.82, 2.24) is 29.3 Å². The number of aliphatic carboxylic acids is 2. The van der Waals surface area contributed by atoms with Crippen molar-refractivity contribution in [3.63, 3.8) is 0 Å². The van der Waals surface area contributed by atoms with Gasteiger partial charge in [-0.15, -0.1) is 0 Å². The van der Waals surface area contributed by atoms with Crippen molar-refractivity contribution in [1.29, 1.82) is 0 Å². The molecule has 0 amide bonds. The van der Waals surface area contributed by atoms with Gasteiger partial charge in [-0.25, -0.2) is 19.0 Å². The van der Waals surface area contributed by atoms with Gasteiger partial charge in [-0.1, -0.05) is 30.3 Å². The number of nitrogens with two attached hydrogens (primary N) is 1. The van der Waals surface area contributed by atoms with Crippen molar-refractivity contribution in [3.8, 4) is 0 Å². The molecule has 1 aromatic carbocycles. The van der Waals surface area contributed by atoms with Gasteiger partial charge in [0.1, 0.15) is 5.52 Å². The first kappa shape index (κ1) is 27.9. The molecule has 0 radical (unpaired) electrons. The van der Waals surface area contributed by atoms with E-state index in [2.05, 4.69) is 20.1 Å². The maximum atomic E-state index is 15.3. The molecule has 2 unspecified atom stereocenters. The maximum absolute atomic E-state index is 15.3. The van der Waals surface area contributed by atoms with Crippen molar-refractivity contribution in [2.24, 2.45) is 0 Å². The number of rotatable bonds is 13. The quantitative estimate of drug-likeness (QED) is 0.161. The number of benzene rings is 1. The molecule has 0 saturated heterocycles. The molecule has 0 fully saturated rings. The van der Waals surface area contributed by atoms with Gasteiger partial charge in [0.15, 0.2) is 17.8 Å². The standard InChI is InChI=1S/C24H25ClFN7O6/c1-38-16(7-17(26)33-13-28-18-19(27)30-23(25)31-20(18)33)12-39-24(21(34)35,22(36)37)8-15-9-29-32(11-15)10-14-5-3-2-4-6-14/h2-6,9,11,13,16-17H,7-8,10,12H2,1H3,(H,34,35)(H,36,37)(H2,27,30,31). The first-order chi connectivity index (χ1) is 18.6. The van der Waals surface area contributed by atoms with Crippen molar-refractivity contribution >= 4 is 40.5 Å². The van der Waals surface area contributed by atoms with E-state index in [1.54, 1.807) is 10.9 Å². The Hall–Kier alpha value is -4.14. The number of methoxy groups -OCH3 is 1. The summed E-state index contributed by atoms with van der Waals surface area (Å²) in [6, 6.07) is 9.41. The minimum Gasteiger partial charge on any atom is -0.479 e. The van der Waals surface area contributed by atoms with Crippen LogP contribution in [0.5, 0.6) is 0 Å². The van der Waals surface area contributed by atoms with Crippen LogP contribution < -0.4 is 5.73 Å². The van der Waals surface area contributed by atoms with E-state index < -0.39 is 43.0 Å². The Morgan fingerprint density at radius 3 is 2.56 bits per heavy atom. The number of carboxylic acids is 2. The number of carboxylic acid groups (broad SMARTS) is 2. The van der Waals surface area contributed by atoms with Crippen molar-refractivity contribution in [2.45, 2.75) is 37.4 Å². The van der Waals surface area contributed by atoms with E-state index in [4.69, 9.17) is 26.8 Å². The minimum absolute atomic E-state index is 0.0256. The number of anilines is 1. The molecule has 0 saturated carbocycles. The molecule has 0 aliphatic rings. The van der Waals surface area contributed by atoms with Crippen LogP contribution in [0.2, 0.25) is 5.28 Å². The summed E-state index contributed by atoms with van der Waals surface area (Å²) in [6.45, 7) is -0.138. The molecule has 0 aliphatic carbocycles. The Balaban J connectivity index is 1.47. The Kier molecular flexibility index (Phi) is 8.38. The van der Waals surface area contributed by atoms with E-state index >= 15 is 4.39 Å². The molecule has 0 aliphatic heterocycles. The van der Waals surface area contributed by atoms with Gasteiger partial charge in [0.25, 0.3) is 5.60 Å². The SMILES string of the molecule is COC(COC(Cc1cnn(Cc2ccccc2)c1)(C(=O)O)C(=O)O)CC(F)n1cnc2c(N)nc(Cl)nc21. The molecule has 0 bridgehead atoms. The summed E-state index contributed by atoms with van der Waals surface area (Å²) in [4.78, 5) is 36.1. The molecule has 2 atom stereocenters. The van der Waals surface area contributed by atoms with Gasteiger partial charge >= 0.3 is 11.9 Å². The number of imidazole rings is 1. The van der Waals surface area contributed by atoms with Crippen LogP contribution in [0.4, 0.5) is 10.2 Å². The summed E-state index contributed by atoms with van der Waals surface area (Å²) >= 11 is 5.83. The topological polar surface area (TPSA) is 180 Å². The Morgan fingerprint density at radius 2 is 1.90 bits per heavy atom. The zero-order valence-electron chi connectivity index (χ0n) is 20.6. The van der Waals surface area contributed by atoms with Gasteiger partial charge in [0.05, 0.1) is 31.8 Å². The number of alkyl halides is 1. The first-order valence-electron chi connectivity index (χ1n) is 11.6. The number of nitrogens with zero attached hydrogens (tertiary/aromatic N) is 6. The van der Waals surface area contributed by atoms with Crippen LogP contribution >= 0.6 is 11.6 Å². The number of fused-ring (bicyclic) bond motifs is 1. The summed E-state index contributed by atoms with van der Waals surface area (Å²) < 4.78 is 28.6. The predicted octanol–water partition coefficient (Wildman–Crippen LogP) is 2.35. The summed E-state index contributed by atoms with van der Waals surface area (Å²) in [5, 5.41) is 23.8. The second kappa shape index (κ2) is 11.7. The van der Waals surface area contributed by atoms with E-state index in [1.165, 1.54) is 13.3 Å². The fourth-order valence-electron chi connectivity index (χ4n) is 3.97.